The molecular formula is C15H22N2O4. The highest BCUT2D eigenvalue weighted by atomic mass is 16.4. The van der Waals surface area contributed by atoms with Crippen LogP contribution in [-0.2, 0) is 11.3 Å². The van der Waals surface area contributed by atoms with E-state index in [4.69, 9.17) is 4.42 Å². The Bertz CT molecular complexity index is 525. The van der Waals surface area contributed by atoms with E-state index in [1.54, 1.807) is 6.07 Å². The van der Waals surface area contributed by atoms with Gasteiger partial charge in [-0.1, -0.05) is 13.3 Å². The number of amides is 2. The van der Waals surface area contributed by atoms with Gasteiger partial charge in [0.15, 0.2) is 0 Å². The molecule has 1 aromatic heterocycles. The Morgan fingerprint density at radius 2 is 2.24 bits per heavy atom. The highest BCUT2D eigenvalue weighted by Gasteiger charge is 2.49. The lowest BCUT2D eigenvalue weighted by atomic mass is 9.91. The van der Waals surface area contributed by atoms with Crippen molar-refractivity contribution >= 4 is 12.0 Å². The molecule has 1 saturated heterocycles. The molecule has 2 N–H and O–H groups in total. The standard InChI is InChI=1S/C15H22N2O4/c1-3-7-15(13(18)19)8-4-9-17(15)14(20)16-10-12-6-5-11(2)21-12/h5-6H,3-4,7-10H2,1-2H3,(H,16,20)(H,18,19). The quantitative estimate of drug-likeness (QED) is 0.874. The first-order valence-electron chi connectivity index (χ1n) is 7.34. The van der Waals surface area contributed by atoms with Crippen LogP contribution in [0.2, 0.25) is 0 Å². The molecule has 2 heterocycles. The Hall–Kier alpha value is -1.98. The lowest BCUT2D eigenvalue weighted by Gasteiger charge is -2.34. The Morgan fingerprint density at radius 3 is 2.81 bits per heavy atom. The molecule has 0 aliphatic carbocycles. The van der Waals surface area contributed by atoms with E-state index in [-0.39, 0.29) is 12.6 Å². The monoisotopic (exact) mass is 294 g/mol. The molecule has 0 bridgehead atoms. The summed E-state index contributed by atoms with van der Waals surface area (Å²) in [6.45, 7) is 4.52. The lowest BCUT2D eigenvalue weighted by molar-refractivity contribution is -0.148. The van der Waals surface area contributed by atoms with Crippen molar-refractivity contribution in [3.63, 3.8) is 0 Å². The predicted molar refractivity (Wildman–Crippen MR) is 76.9 cm³/mol. The number of aryl methyl sites for hydroxylation is 1. The molecule has 1 aliphatic heterocycles. The summed E-state index contributed by atoms with van der Waals surface area (Å²) < 4.78 is 5.39. The fraction of sp³-hybridized carbons (Fsp3) is 0.600. The Morgan fingerprint density at radius 1 is 1.48 bits per heavy atom. The summed E-state index contributed by atoms with van der Waals surface area (Å²) in [7, 11) is 0. The van der Waals surface area contributed by atoms with Crippen molar-refractivity contribution in [2.75, 3.05) is 6.54 Å². The number of hydrogen-bond acceptors (Lipinski definition) is 3. The van der Waals surface area contributed by atoms with Crippen LogP contribution in [0.1, 0.15) is 44.1 Å². The molecule has 0 saturated carbocycles. The molecule has 0 aromatic carbocycles. The number of rotatable bonds is 5. The van der Waals surface area contributed by atoms with Gasteiger partial charge in [-0.2, -0.15) is 0 Å². The molecule has 0 spiro atoms. The van der Waals surface area contributed by atoms with Gasteiger partial charge >= 0.3 is 12.0 Å². The van der Waals surface area contributed by atoms with E-state index in [0.29, 0.717) is 25.1 Å². The van der Waals surface area contributed by atoms with E-state index >= 15 is 0 Å². The van der Waals surface area contributed by atoms with Gasteiger partial charge in [-0.3, -0.25) is 0 Å². The molecule has 1 aromatic rings. The number of likely N-dealkylation sites (tertiary alicyclic amines) is 1. The second-order valence-electron chi connectivity index (χ2n) is 5.51. The molecule has 6 nitrogen and oxygen atoms in total. The van der Waals surface area contributed by atoms with E-state index in [2.05, 4.69) is 5.32 Å². The topological polar surface area (TPSA) is 82.8 Å². The molecule has 1 fully saturated rings. The van der Waals surface area contributed by atoms with Crippen molar-refractivity contribution in [2.45, 2.75) is 51.6 Å². The van der Waals surface area contributed by atoms with E-state index in [1.165, 1.54) is 4.90 Å². The van der Waals surface area contributed by atoms with Crippen molar-refractivity contribution in [3.05, 3.63) is 23.7 Å². The molecule has 2 amide bonds. The van der Waals surface area contributed by atoms with Gasteiger partial charge in [0.2, 0.25) is 0 Å². The second kappa shape index (κ2) is 6.20. The first-order valence-corrected chi connectivity index (χ1v) is 7.34. The van der Waals surface area contributed by atoms with Crippen LogP contribution in [0.3, 0.4) is 0 Å². The minimum atomic E-state index is -1.06. The zero-order valence-corrected chi connectivity index (χ0v) is 12.5. The van der Waals surface area contributed by atoms with Crippen molar-refractivity contribution in [2.24, 2.45) is 0 Å². The van der Waals surface area contributed by atoms with Crippen LogP contribution in [-0.4, -0.2) is 34.1 Å². The molecule has 0 radical (unpaired) electrons. The fourth-order valence-electron chi connectivity index (χ4n) is 3.02. The molecular weight excluding hydrogens is 272 g/mol. The normalized spacial score (nSPS) is 21.5. The maximum atomic E-state index is 12.3. The SMILES string of the molecule is CCCC1(C(=O)O)CCCN1C(=O)NCc1ccc(C)o1. The summed E-state index contributed by atoms with van der Waals surface area (Å²) in [5, 5.41) is 12.3. The van der Waals surface area contributed by atoms with Crippen molar-refractivity contribution < 1.29 is 19.1 Å². The van der Waals surface area contributed by atoms with Crippen LogP contribution in [0, 0.1) is 6.92 Å². The van der Waals surface area contributed by atoms with E-state index < -0.39 is 11.5 Å². The number of furan rings is 1. The molecule has 21 heavy (non-hydrogen) atoms. The molecule has 2 rings (SSSR count). The summed E-state index contributed by atoms with van der Waals surface area (Å²) >= 11 is 0. The van der Waals surface area contributed by atoms with Crippen molar-refractivity contribution in [3.8, 4) is 0 Å². The van der Waals surface area contributed by atoms with Gasteiger partial charge < -0.3 is 19.7 Å². The largest absolute Gasteiger partial charge is 0.479 e. The van der Waals surface area contributed by atoms with Gasteiger partial charge in [0, 0.05) is 6.54 Å². The zero-order chi connectivity index (χ0) is 15.5. The minimum absolute atomic E-state index is 0.269. The molecule has 1 aliphatic rings. The van der Waals surface area contributed by atoms with E-state index in [9.17, 15) is 14.7 Å². The number of carbonyl (C=O) groups excluding carboxylic acids is 1. The third kappa shape index (κ3) is 3.04. The average molecular weight is 294 g/mol. The Balaban J connectivity index is 2.04. The summed E-state index contributed by atoms with van der Waals surface area (Å²) in [5.41, 5.74) is -1.06. The molecule has 1 unspecified atom stereocenters. The summed E-state index contributed by atoms with van der Waals surface area (Å²) in [6.07, 6.45) is 2.45. The highest BCUT2D eigenvalue weighted by Crippen LogP contribution is 2.34. The fourth-order valence-corrected chi connectivity index (χ4v) is 3.02. The van der Waals surface area contributed by atoms with Crippen molar-refractivity contribution in [1.29, 1.82) is 0 Å². The number of urea groups is 1. The van der Waals surface area contributed by atoms with Gasteiger partial charge in [-0.25, -0.2) is 9.59 Å². The molecule has 1 atom stereocenters. The highest BCUT2D eigenvalue weighted by molar-refractivity contribution is 5.87. The van der Waals surface area contributed by atoms with Crippen LogP contribution in [0.15, 0.2) is 16.5 Å². The third-order valence-corrected chi connectivity index (χ3v) is 4.01. The molecule has 116 valence electrons. The van der Waals surface area contributed by atoms with Gasteiger partial charge in [0.1, 0.15) is 17.1 Å². The minimum Gasteiger partial charge on any atom is -0.479 e. The summed E-state index contributed by atoms with van der Waals surface area (Å²) in [6, 6.07) is 3.30. The smallest absolute Gasteiger partial charge is 0.329 e. The summed E-state index contributed by atoms with van der Waals surface area (Å²) in [5.74, 6) is 0.536. The van der Waals surface area contributed by atoms with E-state index in [1.807, 2.05) is 19.9 Å². The number of nitrogens with zero attached hydrogens (tertiary/aromatic N) is 1. The lowest BCUT2D eigenvalue weighted by Crippen LogP contribution is -2.55. The van der Waals surface area contributed by atoms with Crippen LogP contribution >= 0.6 is 0 Å². The second-order valence-corrected chi connectivity index (χ2v) is 5.51. The number of aliphatic carboxylic acids is 1. The maximum absolute atomic E-state index is 12.3. The Labute approximate surface area is 124 Å². The average Bonchev–Trinajstić information content (AvgIpc) is 3.04. The van der Waals surface area contributed by atoms with Crippen LogP contribution in [0.25, 0.3) is 0 Å². The predicted octanol–water partition coefficient (Wildman–Crippen LogP) is 2.52. The maximum Gasteiger partial charge on any atom is 0.329 e. The molecule has 6 heteroatoms. The van der Waals surface area contributed by atoms with Gasteiger partial charge in [-0.15, -0.1) is 0 Å². The van der Waals surface area contributed by atoms with E-state index in [0.717, 1.165) is 18.6 Å². The first-order chi connectivity index (χ1) is 9.99. The summed E-state index contributed by atoms with van der Waals surface area (Å²) in [4.78, 5) is 25.5. The van der Waals surface area contributed by atoms with Gasteiger partial charge in [0.25, 0.3) is 0 Å². The first kappa shape index (κ1) is 15.4. The number of carboxylic acid groups (broad SMARTS) is 1. The van der Waals surface area contributed by atoms with Gasteiger partial charge in [0.05, 0.1) is 6.54 Å². The van der Waals surface area contributed by atoms with Gasteiger partial charge in [-0.05, 0) is 38.3 Å². The number of carboxylic acids is 1. The Kier molecular flexibility index (Phi) is 4.55. The number of carbonyl (C=O) groups is 2. The number of hydrogen-bond donors (Lipinski definition) is 2. The van der Waals surface area contributed by atoms with Crippen molar-refractivity contribution in [1.82, 2.24) is 10.2 Å². The number of nitrogens with one attached hydrogen (secondary N) is 1. The van der Waals surface area contributed by atoms with Crippen LogP contribution in [0.4, 0.5) is 4.79 Å². The third-order valence-electron chi connectivity index (χ3n) is 4.01. The zero-order valence-electron chi connectivity index (χ0n) is 12.5. The van der Waals surface area contributed by atoms with Crippen LogP contribution in [0.5, 0.6) is 0 Å². The van der Waals surface area contributed by atoms with Crippen LogP contribution < -0.4 is 5.32 Å².